The van der Waals surface area contributed by atoms with Gasteiger partial charge in [0.2, 0.25) is 5.91 Å². The number of hydrogen-bond donors (Lipinski definition) is 2. The van der Waals surface area contributed by atoms with Crippen molar-refractivity contribution in [2.75, 3.05) is 38.2 Å². The number of morpholine rings is 1. The van der Waals surface area contributed by atoms with Crippen LogP contribution in [0.5, 0.6) is 0 Å². The van der Waals surface area contributed by atoms with E-state index < -0.39 is 0 Å². The van der Waals surface area contributed by atoms with E-state index in [0.29, 0.717) is 23.5 Å². The van der Waals surface area contributed by atoms with E-state index in [1.54, 1.807) is 6.20 Å². The summed E-state index contributed by atoms with van der Waals surface area (Å²) in [5.41, 5.74) is 1.05. The minimum Gasteiger partial charge on any atom is -0.378 e. The predicted octanol–water partition coefficient (Wildman–Crippen LogP) is 2.63. The fourth-order valence-corrected chi connectivity index (χ4v) is 4.33. The van der Waals surface area contributed by atoms with Gasteiger partial charge in [-0.3, -0.25) is 4.79 Å². The van der Waals surface area contributed by atoms with Crippen molar-refractivity contribution in [3.8, 4) is 0 Å². The predicted molar refractivity (Wildman–Crippen MR) is 106 cm³/mol. The van der Waals surface area contributed by atoms with Crippen LogP contribution in [0.15, 0.2) is 24.4 Å². The Hall–Kier alpha value is -1.74. The fraction of sp³-hybridized carbons (Fsp3) is 0.500. The highest BCUT2D eigenvalue weighted by molar-refractivity contribution is 7.19. The number of halogens is 1. The normalized spacial score (nSPS) is 21.2. The number of amides is 1. The van der Waals surface area contributed by atoms with Crippen LogP contribution < -0.4 is 10.6 Å². The molecule has 1 atom stereocenters. The first-order valence-electron chi connectivity index (χ1n) is 9.14. The number of nitrogens with zero attached hydrogens (tertiary/aromatic N) is 3. The Bertz CT molecular complexity index is 788. The summed E-state index contributed by atoms with van der Waals surface area (Å²) < 4.78 is 6.05. The molecule has 2 aromatic rings. The average Bonchev–Trinajstić information content (AvgIpc) is 3.13. The lowest BCUT2D eigenvalue weighted by Gasteiger charge is -2.35. The largest absolute Gasteiger partial charge is 0.378 e. The molecule has 2 fully saturated rings. The molecule has 2 aromatic heterocycles. The summed E-state index contributed by atoms with van der Waals surface area (Å²) in [6, 6.07) is 5.78. The first kappa shape index (κ1) is 18.6. The minimum atomic E-state index is -0.203. The Balaban J connectivity index is 1.35. The van der Waals surface area contributed by atoms with Gasteiger partial charge < -0.3 is 20.3 Å². The average molecular weight is 408 g/mol. The van der Waals surface area contributed by atoms with Gasteiger partial charge in [0.15, 0.2) is 5.13 Å². The lowest BCUT2D eigenvalue weighted by atomic mass is 9.92. The first-order chi connectivity index (χ1) is 13.2. The zero-order valence-electron chi connectivity index (χ0n) is 14.9. The van der Waals surface area contributed by atoms with Gasteiger partial charge in [0.25, 0.3) is 0 Å². The second kappa shape index (κ2) is 8.52. The third kappa shape index (κ3) is 4.57. The molecule has 0 radical (unpaired) electrons. The number of thiazole rings is 1. The summed E-state index contributed by atoms with van der Waals surface area (Å²) in [6.45, 7) is 3.39. The van der Waals surface area contributed by atoms with Crippen molar-refractivity contribution in [2.45, 2.75) is 24.8 Å². The molecule has 0 bridgehead atoms. The summed E-state index contributed by atoms with van der Waals surface area (Å²) in [6.07, 6.45) is 3.45. The van der Waals surface area contributed by atoms with Crippen LogP contribution in [0.4, 0.5) is 10.9 Å². The molecule has 144 valence electrons. The molecule has 9 heteroatoms. The van der Waals surface area contributed by atoms with Crippen LogP contribution in [-0.4, -0.2) is 59.7 Å². The number of aromatic nitrogens is 2. The van der Waals surface area contributed by atoms with Crippen molar-refractivity contribution in [3.05, 3.63) is 34.4 Å². The molecular formula is C18H22ClN5O2S. The summed E-state index contributed by atoms with van der Waals surface area (Å²) in [4.78, 5) is 23.5. The van der Waals surface area contributed by atoms with Gasteiger partial charge >= 0.3 is 0 Å². The second-order valence-electron chi connectivity index (χ2n) is 6.72. The quantitative estimate of drug-likeness (QED) is 0.811. The molecule has 2 saturated heterocycles. The molecular weight excluding hydrogens is 386 g/mol. The maximum atomic E-state index is 12.6. The van der Waals surface area contributed by atoms with Crippen LogP contribution in [0.2, 0.25) is 4.34 Å². The molecule has 4 rings (SSSR count). The number of pyridine rings is 1. The van der Waals surface area contributed by atoms with E-state index in [1.165, 1.54) is 11.3 Å². The molecule has 2 N–H and O–H groups in total. The molecule has 0 saturated carbocycles. The van der Waals surface area contributed by atoms with Crippen LogP contribution >= 0.6 is 22.9 Å². The number of anilines is 2. The van der Waals surface area contributed by atoms with Crippen LogP contribution in [0.1, 0.15) is 24.5 Å². The number of rotatable bonds is 4. The molecule has 0 aromatic carbocycles. The van der Waals surface area contributed by atoms with Crippen molar-refractivity contribution in [3.63, 3.8) is 0 Å². The molecule has 1 amide bonds. The molecule has 0 aliphatic carbocycles. The van der Waals surface area contributed by atoms with Gasteiger partial charge in [-0.05, 0) is 25.0 Å². The molecule has 2 aliphatic heterocycles. The Kier molecular flexibility index (Phi) is 5.87. The summed E-state index contributed by atoms with van der Waals surface area (Å²) in [7, 11) is 0. The highest BCUT2D eigenvalue weighted by atomic mass is 35.5. The van der Waals surface area contributed by atoms with Gasteiger partial charge in [-0.2, -0.15) is 0 Å². The summed E-state index contributed by atoms with van der Waals surface area (Å²) >= 11 is 7.31. The molecule has 27 heavy (non-hydrogen) atoms. The summed E-state index contributed by atoms with van der Waals surface area (Å²) in [5, 5.41) is 7.17. The van der Waals surface area contributed by atoms with E-state index in [9.17, 15) is 4.79 Å². The van der Waals surface area contributed by atoms with Crippen molar-refractivity contribution < 1.29 is 9.53 Å². The highest BCUT2D eigenvalue weighted by Gasteiger charge is 2.30. The molecule has 1 unspecified atom stereocenters. The number of carbonyl (C=O) groups is 1. The number of likely N-dealkylation sites (tertiary alicyclic amines) is 1. The van der Waals surface area contributed by atoms with Gasteiger partial charge in [0.05, 0.1) is 19.4 Å². The van der Waals surface area contributed by atoms with Crippen molar-refractivity contribution in [1.29, 1.82) is 0 Å². The van der Waals surface area contributed by atoms with E-state index in [-0.39, 0.29) is 11.9 Å². The van der Waals surface area contributed by atoms with Gasteiger partial charge in [-0.15, -0.1) is 0 Å². The standard InChI is InChI=1S/C18H22ClN5O2S/c19-15-10-21-18(27-15)23-16-3-1-2-13(22-16)12-4-7-24(8-5-12)17(25)14-11-26-9-6-20-14/h1-3,10,12,14,20H,4-9,11H2,(H,21,22,23). The Morgan fingerprint density at radius 1 is 1.37 bits per heavy atom. The van der Waals surface area contributed by atoms with Gasteiger partial charge in [-0.25, -0.2) is 9.97 Å². The maximum absolute atomic E-state index is 12.6. The Morgan fingerprint density at radius 3 is 2.93 bits per heavy atom. The zero-order chi connectivity index (χ0) is 18.6. The SMILES string of the molecule is O=C(C1COCCN1)N1CCC(c2cccc(Nc3ncc(Cl)s3)n2)CC1. The van der Waals surface area contributed by atoms with E-state index in [1.807, 2.05) is 17.0 Å². The van der Waals surface area contributed by atoms with Crippen LogP contribution in [0, 0.1) is 0 Å². The number of carbonyl (C=O) groups excluding carboxylic acids is 1. The summed E-state index contributed by atoms with van der Waals surface area (Å²) in [5.74, 6) is 1.27. The number of ether oxygens (including phenoxy) is 1. The third-order valence-corrected chi connectivity index (χ3v) is 5.96. The van der Waals surface area contributed by atoms with E-state index in [0.717, 1.165) is 49.1 Å². The topological polar surface area (TPSA) is 79.4 Å². The van der Waals surface area contributed by atoms with Gasteiger partial charge in [0, 0.05) is 31.2 Å². The van der Waals surface area contributed by atoms with Crippen LogP contribution in [0.3, 0.4) is 0 Å². The van der Waals surface area contributed by atoms with Crippen molar-refractivity contribution in [1.82, 2.24) is 20.2 Å². The Morgan fingerprint density at radius 2 is 2.22 bits per heavy atom. The molecule has 2 aliphatic rings. The Labute approximate surface area is 167 Å². The molecule has 0 spiro atoms. The van der Waals surface area contributed by atoms with Crippen molar-refractivity contribution in [2.24, 2.45) is 0 Å². The number of hydrogen-bond acceptors (Lipinski definition) is 7. The number of nitrogens with one attached hydrogen (secondary N) is 2. The monoisotopic (exact) mass is 407 g/mol. The van der Waals surface area contributed by atoms with E-state index in [2.05, 4.69) is 21.7 Å². The second-order valence-corrected chi connectivity index (χ2v) is 8.39. The smallest absolute Gasteiger partial charge is 0.242 e. The van der Waals surface area contributed by atoms with Crippen molar-refractivity contribution >= 4 is 39.8 Å². The fourth-order valence-electron chi connectivity index (χ4n) is 3.51. The highest BCUT2D eigenvalue weighted by Crippen LogP contribution is 2.29. The third-order valence-electron chi connectivity index (χ3n) is 4.93. The van der Waals surface area contributed by atoms with Crippen LogP contribution in [-0.2, 0) is 9.53 Å². The molecule has 7 nitrogen and oxygen atoms in total. The first-order valence-corrected chi connectivity index (χ1v) is 10.3. The molecule has 4 heterocycles. The van der Waals surface area contributed by atoms with E-state index in [4.69, 9.17) is 21.3 Å². The number of piperidine rings is 1. The van der Waals surface area contributed by atoms with Gasteiger partial charge in [-0.1, -0.05) is 29.0 Å². The van der Waals surface area contributed by atoms with Gasteiger partial charge in [0.1, 0.15) is 16.2 Å². The van der Waals surface area contributed by atoms with E-state index >= 15 is 0 Å². The van der Waals surface area contributed by atoms with Crippen LogP contribution in [0.25, 0.3) is 0 Å². The lowest BCUT2D eigenvalue weighted by Crippen LogP contribution is -2.53. The zero-order valence-corrected chi connectivity index (χ0v) is 16.4. The lowest BCUT2D eigenvalue weighted by molar-refractivity contribution is -0.137. The maximum Gasteiger partial charge on any atom is 0.242 e. The minimum absolute atomic E-state index is 0.150.